The summed E-state index contributed by atoms with van der Waals surface area (Å²) >= 11 is 6.26. The fourth-order valence-electron chi connectivity index (χ4n) is 2.59. The number of hydrogen-bond donors (Lipinski definition) is 2. The van der Waals surface area contributed by atoms with Gasteiger partial charge in [0.2, 0.25) is 5.91 Å². The van der Waals surface area contributed by atoms with E-state index in [0.29, 0.717) is 10.8 Å². The van der Waals surface area contributed by atoms with E-state index in [1.807, 2.05) is 48.5 Å². The fraction of sp³-hybridized carbons (Fsp3) is 0.350. The zero-order valence-corrected chi connectivity index (χ0v) is 15.5. The highest BCUT2D eigenvalue weighted by atomic mass is 35.5. The fourth-order valence-corrected chi connectivity index (χ4v) is 2.85. The lowest BCUT2D eigenvalue weighted by Crippen LogP contribution is -2.38. The number of benzene rings is 2. The number of carbonyl (C=O) groups excluding carboxylic acids is 1. The number of methoxy groups -OCH3 is 1. The minimum atomic E-state index is -0.943. The van der Waals surface area contributed by atoms with Crippen LogP contribution in [0.2, 0.25) is 5.02 Å². The van der Waals surface area contributed by atoms with Gasteiger partial charge in [-0.1, -0.05) is 48.0 Å². The van der Waals surface area contributed by atoms with Crippen LogP contribution >= 0.6 is 11.6 Å². The van der Waals surface area contributed by atoms with Crippen LogP contribution in [0.15, 0.2) is 48.5 Å². The molecular weight excluding hydrogens is 338 g/mol. The van der Waals surface area contributed by atoms with Crippen LogP contribution in [0, 0.1) is 0 Å². The van der Waals surface area contributed by atoms with Crippen LogP contribution in [0.25, 0.3) is 0 Å². The molecule has 1 unspecified atom stereocenters. The van der Waals surface area contributed by atoms with Gasteiger partial charge >= 0.3 is 0 Å². The van der Waals surface area contributed by atoms with Crippen LogP contribution in [0.1, 0.15) is 37.3 Å². The highest BCUT2D eigenvalue weighted by Gasteiger charge is 2.21. The molecule has 1 atom stereocenters. The van der Waals surface area contributed by atoms with Crippen LogP contribution in [0.5, 0.6) is 5.75 Å². The molecule has 0 fully saturated rings. The zero-order chi connectivity index (χ0) is 18.4. The van der Waals surface area contributed by atoms with Gasteiger partial charge in [0.1, 0.15) is 5.75 Å². The van der Waals surface area contributed by atoms with Crippen molar-refractivity contribution in [3.8, 4) is 5.75 Å². The van der Waals surface area contributed by atoms with Crippen molar-refractivity contribution >= 4 is 17.5 Å². The van der Waals surface area contributed by atoms with E-state index in [4.69, 9.17) is 16.3 Å². The topological polar surface area (TPSA) is 58.6 Å². The van der Waals surface area contributed by atoms with Gasteiger partial charge in [0.05, 0.1) is 17.7 Å². The molecule has 2 aromatic carbocycles. The zero-order valence-electron chi connectivity index (χ0n) is 14.8. The monoisotopic (exact) mass is 361 g/mol. The van der Waals surface area contributed by atoms with E-state index >= 15 is 0 Å². The van der Waals surface area contributed by atoms with Gasteiger partial charge in [-0.3, -0.25) is 4.79 Å². The predicted octanol–water partition coefficient (Wildman–Crippen LogP) is 3.76. The summed E-state index contributed by atoms with van der Waals surface area (Å²) in [5.74, 6) is 0.345. The van der Waals surface area contributed by atoms with Crippen LogP contribution in [-0.4, -0.2) is 30.3 Å². The molecule has 0 spiro atoms. The molecule has 0 aliphatic heterocycles. The molecule has 0 saturated carbocycles. The third-order valence-corrected chi connectivity index (χ3v) is 4.18. The smallest absolute Gasteiger partial charge is 0.221 e. The average Bonchev–Trinajstić information content (AvgIpc) is 2.58. The molecule has 0 aromatic heterocycles. The number of ether oxygens (including phenoxy) is 1. The molecule has 2 rings (SSSR count). The van der Waals surface area contributed by atoms with Crippen LogP contribution in [-0.2, 0) is 4.79 Å². The summed E-state index contributed by atoms with van der Waals surface area (Å²) < 4.78 is 5.20. The average molecular weight is 362 g/mol. The second-order valence-corrected chi connectivity index (χ2v) is 7.06. The first-order chi connectivity index (χ1) is 11.8. The quantitative estimate of drug-likeness (QED) is 0.789. The van der Waals surface area contributed by atoms with E-state index in [2.05, 4.69) is 5.32 Å². The summed E-state index contributed by atoms with van der Waals surface area (Å²) in [5, 5.41) is 13.1. The minimum absolute atomic E-state index is 0.122. The normalized spacial score (nSPS) is 12.5. The number of aliphatic hydroxyl groups is 1. The van der Waals surface area contributed by atoms with Crippen molar-refractivity contribution in [3.63, 3.8) is 0 Å². The van der Waals surface area contributed by atoms with E-state index < -0.39 is 5.60 Å². The Morgan fingerprint density at radius 3 is 2.44 bits per heavy atom. The molecule has 4 nitrogen and oxygen atoms in total. The van der Waals surface area contributed by atoms with Crippen LogP contribution < -0.4 is 10.1 Å². The number of hydrogen-bond acceptors (Lipinski definition) is 3. The Morgan fingerprint density at radius 1 is 1.20 bits per heavy atom. The van der Waals surface area contributed by atoms with Crippen molar-refractivity contribution in [2.24, 2.45) is 0 Å². The van der Waals surface area contributed by atoms with E-state index in [1.54, 1.807) is 21.0 Å². The number of amides is 1. The summed E-state index contributed by atoms with van der Waals surface area (Å²) in [6.07, 6.45) is 0.267. The maximum atomic E-state index is 12.4. The highest BCUT2D eigenvalue weighted by Crippen LogP contribution is 2.33. The predicted molar refractivity (Wildman–Crippen MR) is 100 cm³/mol. The molecule has 25 heavy (non-hydrogen) atoms. The minimum Gasteiger partial charge on any atom is -0.495 e. The maximum Gasteiger partial charge on any atom is 0.221 e. The Hall–Kier alpha value is -2.04. The lowest BCUT2D eigenvalue weighted by molar-refractivity contribution is -0.122. The first kappa shape index (κ1) is 19.3. The first-order valence-electron chi connectivity index (χ1n) is 8.17. The first-order valence-corrected chi connectivity index (χ1v) is 8.55. The van der Waals surface area contributed by atoms with Gasteiger partial charge < -0.3 is 15.2 Å². The Balaban J connectivity index is 2.25. The molecule has 1 amide bonds. The van der Waals surface area contributed by atoms with Gasteiger partial charge in [-0.05, 0) is 37.1 Å². The van der Waals surface area contributed by atoms with Gasteiger partial charge in [0.25, 0.3) is 0 Å². The van der Waals surface area contributed by atoms with Crippen LogP contribution in [0.4, 0.5) is 0 Å². The van der Waals surface area contributed by atoms with Gasteiger partial charge in [0, 0.05) is 18.9 Å². The Bertz CT molecular complexity index is 711. The number of halogens is 1. The van der Waals surface area contributed by atoms with Gasteiger partial charge in [0.15, 0.2) is 0 Å². The molecule has 2 N–H and O–H groups in total. The van der Waals surface area contributed by atoms with Crippen LogP contribution in [0.3, 0.4) is 0 Å². The van der Waals surface area contributed by atoms with Crippen molar-refractivity contribution in [2.45, 2.75) is 31.8 Å². The van der Waals surface area contributed by atoms with Crippen molar-refractivity contribution < 1.29 is 14.6 Å². The van der Waals surface area contributed by atoms with Gasteiger partial charge in [-0.15, -0.1) is 0 Å². The molecule has 0 radical (unpaired) electrons. The van der Waals surface area contributed by atoms with Crippen molar-refractivity contribution in [2.75, 3.05) is 13.7 Å². The molecule has 134 valence electrons. The van der Waals surface area contributed by atoms with Gasteiger partial charge in [-0.2, -0.15) is 0 Å². The molecule has 0 bridgehead atoms. The van der Waals surface area contributed by atoms with E-state index in [9.17, 15) is 9.90 Å². The third kappa shape index (κ3) is 5.76. The molecule has 2 aromatic rings. The summed E-state index contributed by atoms with van der Waals surface area (Å²) in [6.45, 7) is 3.52. The lowest BCUT2D eigenvalue weighted by atomic mass is 9.88. The van der Waals surface area contributed by atoms with E-state index in [0.717, 1.165) is 11.1 Å². The Labute approximate surface area is 153 Å². The van der Waals surface area contributed by atoms with Crippen molar-refractivity contribution in [3.05, 3.63) is 64.7 Å². The summed E-state index contributed by atoms with van der Waals surface area (Å²) in [5.41, 5.74) is 1.03. The molecular formula is C20H24ClNO3. The SMILES string of the molecule is COc1ccc(C(CC(=O)NCC(C)(C)O)c2ccccc2)cc1Cl. The highest BCUT2D eigenvalue weighted by molar-refractivity contribution is 6.32. The van der Waals surface area contributed by atoms with E-state index in [1.165, 1.54) is 0 Å². The second-order valence-electron chi connectivity index (χ2n) is 6.65. The Morgan fingerprint density at radius 2 is 1.88 bits per heavy atom. The largest absolute Gasteiger partial charge is 0.495 e. The summed E-state index contributed by atoms with van der Waals surface area (Å²) in [6, 6.07) is 15.4. The lowest BCUT2D eigenvalue weighted by Gasteiger charge is -2.21. The second kappa shape index (κ2) is 8.37. The molecule has 0 aliphatic carbocycles. The standard InChI is InChI=1S/C20H24ClNO3/c1-20(2,24)13-22-19(23)12-16(14-7-5-4-6-8-14)15-9-10-18(25-3)17(21)11-15/h4-11,16,24H,12-13H2,1-3H3,(H,22,23). The van der Waals surface area contributed by atoms with Crippen molar-refractivity contribution in [1.82, 2.24) is 5.32 Å². The summed E-state index contributed by atoms with van der Waals surface area (Å²) in [7, 11) is 1.57. The number of carbonyl (C=O) groups is 1. The van der Waals surface area contributed by atoms with E-state index in [-0.39, 0.29) is 24.8 Å². The molecule has 5 heteroatoms. The number of nitrogens with one attached hydrogen (secondary N) is 1. The van der Waals surface area contributed by atoms with Gasteiger partial charge in [-0.25, -0.2) is 0 Å². The summed E-state index contributed by atoms with van der Waals surface area (Å²) in [4.78, 5) is 12.4. The van der Waals surface area contributed by atoms with Crippen molar-refractivity contribution in [1.29, 1.82) is 0 Å². The number of rotatable bonds is 7. The maximum absolute atomic E-state index is 12.4. The third-order valence-electron chi connectivity index (χ3n) is 3.89. The molecule has 0 saturated heterocycles. The molecule has 0 heterocycles. The Kier molecular flexibility index (Phi) is 6.45. The molecule has 0 aliphatic rings.